The van der Waals surface area contributed by atoms with Gasteiger partial charge in [0.2, 0.25) is 0 Å². The summed E-state index contributed by atoms with van der Waals surface area (Å²) in [6.07, 6.45) is 4.14. The third kappa shape index (κ3) is 3.43. The van der Waals surface area contributed by atoms with Crippen molar-refractivity contribution < 1.29 is 5.11 Å². The SMILES string of the molecule is CC(O)(Cc1nc(-c2ccccc2)cs1)CC1CC1. The molecule has 1 heterocycles. The summed E-state index contributed by atoms with van der Waals surface area (Å²) in [6, 6.07) is 10.2. The van der Waals surface area contributed by atoms with Crippen molar-refractivity contribution in [1.82, 2.24) is 4.98 Å². The second kappa shape index (κ2) is 5.06. The minimum Gasteiger partial charge on any atom is -0.390 e. The first-order valence-electron chi connectivity index (χ1n) is 6.85. The summed E-state index contributed by atoms with van der Waals surface area (Å²) in [7, 11) is 0. The molecule has 1 aliphatic rings. The van der Waals surface area contributed by atoms with Crippen LogP contribution in [0.4, 0.5) is 0 Å². The van der Waals surface area contributed by atoms with Crippen LogP contribution in [0.25, 0.3) is 11.3 Å². The Morgan fingerprint density at radius 3 is 2.74 bits per heavy atom. The van der Waals surface area contributed by atoms with Crippen LogP contribution >= 0.6 is 11.3 Å². The molecule has 1 unspecified atom stereocenters. The predicted octanol–water partition coefficient (Wildman–Crippen LogP) is 3.90. The first-order valence-corrected chi connectivity index (χ1v) is 7.73. The lowest BCUT2D eigenvalue weighted by Crippen LogP contribution is -2.27. The fourth-order valence-electron chi connectivity index (χ4n) is 2.48. The molecule has 2 aromatic rings. The van der Waals surface area contributed by atoms with Gasteiger partial charge in [0.25, 0.3) is 0 Å². The fraction of sp³-hybridized carbons (Fsp3) is 0.438. The Morgan fingerprint density at radius 1 is 1.32 bits per heavy atom. The lowest BCUT2D eigenvalue weighted by Gasteiger charge is -2.21. The van der Waals surface area contributed by atoms with Gasteiger partial charge in [0, 0.05) is 17.4 Å². The molecule has 1 aromatic carbocycles. The summed E-state index contributed by atoms with van der Waals surface area (Å²) in [5.74, 6) is 0.739. The van der Waals surface area contributed by atoms with E-state index in [2.05, 4.69) is 22.5 Å². The van der Waals surface area contributed by atoms with Gasteiger partial charge in [0.05, 0.1) is 16.3 Å². The molecule has 0 spiro atoms. The van der Waals surface area contributed by atoms with E-state index in [0.29, 0.717) is 6.42 Å². The molecule has 3 rings (SSSR count). The number of hydrogen-bond acceptors (Lipinski definition) is 3. The van der Waals surface area contributed by atoms with Gasteiger partial charge in [-0.15, -0.1) is 11.3 Å². The van der Waals surface area contributed by atoms with Crippen LogP contribution in [0, 0.1) is 5.92 Å². The standard InChI is InChI=1S/C16H19NOS/c1-16(18,9-12-7-8-12)10-15-17-14(11-19-15)13-5-3-2-4-6-13/h2-6,11-12,18H,7-10H2,1H3. The van der Waals surface area contributed by atoms with Crippen LogP contribution in [0.1, 0.15) is 31.2 Å². The summed E-state index contributed by atoms with van der Waals surface area (Å²) >= 11 is 1.65. The molecule has 100 valence electrons. The van der Waals surface area contributed by atoms with E-state index in [0.717, 1.165) is 28.6 Å². The van der Waals surface area contributed by atoms with Crippen molar-refractivity contribution in [3.8, 4) is 11.3 Å². The highest BCUT2D eigenvalue weighted by Crippen LogP contribution is 2.38. The third-order valence-electron chi connectivity index (χ3n) is 3.58. The quantitative estimate of drug-likeness (QED) is 0.896. The van der Waals surface area contributed by atoms with Gasteiger partial charge in [-0.05, 0) is 19.3 Å². The highest BCUT2D eigenvalue weighted by molar-refractivity contribution is 7.09. The van der Waals surface area contributed by atoms with Crippen molar-refractivity contribution in [3.05, 3.63) is 40.7 Å². The number of thiazole rings is 1. The third-order valence-corrected chi connectivity index (χ3v) is 4.43. The molecule has 0 saturated heterocycles. The van der Waals surface area contributed by atoms with E-state index in [9.17, 15) is 5.11 Å². The van der Waals surface area contributed by atoms with Crippen LogP contribution in [-0.2, 0) is 6.42 Å². The number of benzene rings is 1. The van der Waals surface area contributed by atoms with E-state index in [1.54, 1.807) is 11.3 Å². The summed E-state index contributed by atoms with van der Waals surface area (Å²) in [6.45, 7) is 1.94. The lowest BCUT2D eigenvalue weighted by atomic mass is 9.96. The maximum atomic E-state index is 10.4. The van der Waals surface area contributed by atoms with Crippen LogP contribution < -0.4 is 0 Å². The summed E-state index contributed by atoms with van der Waals surface area (Å²) < 4.78 is 0. The minimum absolute atomic E-state index is 0.604. The van der Waals surface area contributed by atoms with Gasteiger partial charge in [0.1, 0.15) is 0 Å². The van der Waals surface area contributed by atoms with Crippen LogP contribution in [0.15, 0.2) is 35.7 Å². The van der Waals surface area contributed by atoms with Crippen molar-refractivity contribution in [1.29, 1.82) is 0 Å². The smallest absolute Gasteiger partial charge is 0.0961 e. The molecular formula is C16H19NOS. The molecule has 1 atom stereocenters. The average Bonchev–Trinajstić information content (AvgIpc) is 3.05. The molecule has 3 heteroatoms. The number of nitrogens with zero attached hydrogens (tertiary/aromatic N) is 1. The van der Waals surface area contributed by atoms with Gasteiger partial charge in [-0.1, -0.05) is 43.2 Å². The van der Waals surface area contributed by atoms with E-state index in [4.69, 9.17) is 0 Å². The Kier molecular flexibility index (Phi) is 3.42. The molecule has 19 heavy (non-hydrogen) atoms. The van der Waals surface area contributed by atoms with Gasteiger partial charge in [0.15, 0.2) is 0 Å². The maximum absolute atomic E-state index is 10.4. The minimum atomic E-state index is -0.604. The monoisotopic (exact) mass is 273 g/mol. The van der Waals surface area contributed by atoms with Crippen molar-refractivity contribution in [3.63, 3.8) is 0 Å². The fourth-order valence-corrected chi connectivity index (χ4v) is 3.46. The summed E-state index contributed by atoms with van der Waals surface area (Å²) in [5.41, 5.74) is 1.56. The number of aromatic nitrogens is 1. The molecule has 1 aromatic heterocycles. The summed E-state index contributed by atoms with van der Waals surface area (Å²) in [5, 5.41) is 13.5. The Balaban J connectivity index is 1.71. The Bertz CT molecular complexity index is 543. The van der Waals surface area contributed by atoms with Crippen LogP contribution in [0.5, 0.6) is 0 Å². The average molecular weight is 273 g/mol. The van der Waals surface area contributed by atoms with Gasteiger partial charge < -0.3 is 5.11 Å². The van der Waals surface area contributed by atoms with E-state index in [1.165, 1.54) is 12.8 Å². The zero-order valence-electron chi connectivity index (χ0n) is 11.2. The number of hydrogen-bond donors (Lipinski definition) is 1. The lowest BCUT2D eigenvalue weighted by molar-refractivity contribution is 0.0455. The van der Waals surface area contributed by atoms with Gasteiger partial charge in [-0.25, -0.2) is 4.98 Å². The topological polar surface area (TPSA) is 33.1 Å². The van der Waals surface area contributed by atoms with Crippen LogP contribution in [0.3, 0.4) is 0 Å². The van der Waals surface area contributed by atoms with E-state index in [1.807, 2.05) is 25.1 Å². The van der Waals surface area contributed by atoms with E-state index in [-0.39, 0.29) is 0 Å². The number of rotatable bonds is 5. The highest BCUT2D eigenvalue weighted by atomic mass is 32.1. The van der Waals surface area contributed by atoms with Crippen LogP contribution in [-0.4, -0.2) is 15.7 Å². The van der Waals surface area contributed by atoms with Crippen LogP contribution in [0.2, 0.25) is 0 Å². The van der Waals surface area contributed by atoms with Gasteiger partial charge in [-0.2, -0.15) is 0 Å². The number of aliphatic hydroxyl groups is 1. The maximum Gasteiger partial charge on any atom is 0.0961 e. The molecule has 0 aliphatic heterocycles. The molecule has 0 amide bonds. The zero-order chi connectivity index (χ0) is 13.3. The van der Waals surface area contributed by atoms with Crippen molar-refractivity contribution >= 4 is 11.3 Å². The first-order chi connectivity index (χ1) is 9.12. The zero-order valence-corrected chi connectivity index (χ0v) is 12.0. The van der Waals surface area contributed by atoms with Gasteiger partial charge in [-0.3, -0.25) is 0 Å². The molecular weight excluding hydrogens is 254 g/mol. The predicted molar refractivity (Wildman–Crippen MR) is 79.2 cm³/mol. The summed E-state index contributed by atoms with van der Waals surface area (Å²) in [4.78, 5) is 4.65. The van der Waals surface area contributed by atoms with Crippen molar-refractivity contribution in [2.24, 2.45) is 5.92 Å². The molecule has 0 bridgehead atoms. The molecule has 1 N–H and O–H groups in total. The molecule has 2 nitrogen and oxygen atoms in total. The Hall–Kier alpha value is -1.19. The largest absolute Gasteiger partial charge is 0.390 e. The molecule has 1 saturated carbocycles. The molecule has 1 fully saturated rings. The Morgan fingerprint density at radius 2 is 2.05 bits per heavy atom. The van der Waals surface area contributed by atoms with Crippen molar-refractivity contribution in [2.75, 3.05) is 0 Å². The van der Waals surface area contributed by atoms with E-state index < -0.39 is 5.60 Å². The van der Waals surface area contributed by atoms with Gasteiger partial charge >= 0.3 is 0 Å². The Labute approximate surface area is 118 Å². The normalized spacial score (nSPS) is 18.2. The molecule has 1 aliphatic carbocycles. The second-order valence-corrected chi connectivity index (χ2v) is 6.76. The molecule has 0 radical (unpaired) electrons. The first kappa shape index (κ1) is 12.8. The van der Waals surface area contributed by atoms with Crippen molar-refractivity contribution in [2.45, 2.75) is 38.2 Å². The second-order valence-electron chi connectivity index (χ2n) is 5.81. The van der Waals surface area contributed by atoms with E-state index >= 15 is 0 Å². The highest BCUT2D eigenvalue weighted by Gasteiger charge is 2.32.